The molecule has 0 radical (unpaired) electrons. The van der Waals surface area contributed by atoms with Crippen LogP contribution in [0.25, 0.3) is 0 Å². The molecule has 0 unspecified atom stereocenters. The Morgan fingerprint density at radius 3 is 2.74 bits per heavy atom. The molecule has 0 fully saturated rings. The second kappa shape index (κ2) is 6.80. The first-order chi connectivity index (χ1) is 9.19. The molecule has 1 N–H and O–H groups in total. The number of benzene rings is 2. The van der Waals surface area contributed by atoms with Crippen molar-refractivity contribution >= 4 is 28.3 Å². The summed E-state index contributed by atoms with van der Waals surface area (Å²) in [6, 6.07) is 14.6. The molecule has 0 saturated heterocycles. The van der Waals surface area contributed by atoms with Gasteiger partial charge in [0.1, 0.15) is 5.75 Å². The second-order valence-electron chi connectivity index (χ2n) is 4.40. The summed E-state index contributed by atoms with van der Waals surface area (Å²) >= 11 is 2.36. The predicted octanol–water partition coefficient (Wildman–Crippen LogP) is 4.61. The van der Waals surface area contributed by atoms with Gasteiger partial charge in [0.25, 0.3) is 0 Å². The lowest BCUT2D eigenvalue weighted by atomic mass is 10.2. The highest BCUT2D eigenvalue weighted by Gasteiger charge is 1.99. The molecule has 100 valence electrons. The summed E-state index contributed by atoms with van der Waals surface area (Å²) in [6.45, 7) is 5.63. The lowest BCUT2D eigenvalue weighted by molar-refractivity contribution is 0.340. The third-order valence-electron chi connectivity index (χ3n) is 2.88. The predicted molar refractivity (Wildman–Crippen MR) is 88.8 cm³/mol. The Bertz CT molecular complexity index is 554. The lowest BCUT2D eigenvalue weighted by Gasteiger charge is -2.09. The largest absolute Gasteiger partial charge is 0.494 e. The molecule has 2 aromatic carbocycles. The minimum Gasteiger partial charge on any atom is -0.494 e. The minimum atomic E-state index is 0.701. The van der Waals surface area contributed by atoms with E-state index in [9.17, 15) is 0 Å². The monoisotopic (exact) mass is 367 g/mol. The maximum Gasteiger partial charge on any atom is 0.119 e. The molecule has 0 aliphatic heterocycles. The number of nitrogens with one attached hydrogen (secondary N) is 1. The molecule has 19 heavy (non-hydrogen) atoms. The molecule has 0 aliphatic rings. The summed E-state index contributed by atoms with van der Waals surface area (Å²) in [4.78, 5) is 0. The third-order valence-corrected chi connectivity index (χ3v) is 4.04. The Morgan fingerprint density at radius 2 is 2.00 bits per heavy atom. The molecule has 0 saturated carbocycles. The van der Waals surface area contributed by atoms with Crippen molar-refractivity contribution in [1.82, 2.24) is 0 Å². The molecular weight excluding hydrogens is 349 g/mol. The fraction of sp³-hybridized carbons (Fsp3) is 0.250. The van der Waals surface area contributed by atoms with Gasteiger partial charge in [0.15, 0.2) is 0 Å². The molecule has 0 atom stereocenters. The van der Waals surface area contributed by atoms with Crippen LogP contribution in [0.4, 0.5) is 5.69 Å². The third kappa shape index (κ3) is 4.13. The molecule has 0 aliphatic carbocycles. The van der Waals surface area contributed by atoms with E-state index >= 15 is 0 Å². The highest BCUT2D eigenvalue weighted by atomic mass is 127. The van der Waals surface area contributed by atoms with Gasteiger partial charge in [0.2, 0.25) is 0 Å². The highest BCUT2D eigenvalue weighted by Crippen LogP contribution is 2.19. The molecule has 2 aromatic rings. The van der Waals surface area contributed by atoms with E-state index in [1.165, 1.54) is 14.7 Å². The smallest absolute Gasteiger partial charge is 0.119 e. The first kappa shape index (κ1) is 14.2. The van der Waals surface area contributed by atoms with Gasteiger partial charge in [-0.1, -0.05) is 18.2 Å². The van der Waals surface area contributed by atoms with E-state index in [1.54, 1.807) is 0 Å². The molecule has 2 nitrogen and oxygen atoms in total. The molecule has 0 amide bonds. The van der Waals surface area contributed by atoms with Gasteiger partial charge in [-0.3, -0.25) is 0 Å². The number of halogens is 1. The minimum absolute atomic E-state index is 0.701. The van der Waals surface area contributed by atoms with Gasteiger partial charge in [0, 0.05) is 15.8 Å². The van der Waals surface area contributed by atoms with Crippen molar-refractivity contribution in [3.63, 3.8) is 0 Å². The van der Waals surface area contributed by atoms with Crippen LogP contribution in [0.1, 0.15) is 18.1 Å². The van der Waals surface area contributed by atoms with Crippen LogP contribution in [-0.2, 0) is 6.54 Å². The van der Waals surface area contributed by atoms with E-state index in [2.05, 4.69) is 65.2 Å². The molecule has 3 heteroatoms. The van der Waals surface area contributed by atoms with Crippen LogP contribution in [-0.4, -0.2) is 6.61 Å². The Hall–Kier alpha value is -1.23. The number of hydrogen-bond acceptors (Lipinski definition) is 2. The number of anilines is 1. The molecule has 0 spiro atoms. The van der Waals surface area contributed by atoms with E-state index in [4.69, 9.17) is 4.74 Å². The molecule has 2 rings (SSSR count). The first-order valence-corrected chi connectivity index (χ1v) is 7.48. The van der Waals surface area contributed by atoms with Crippen LogP contribution >= 0.6 is 22.6 Å². The Balaban J connectivity index is 2.01. The van der Waals surface area contributed by atoms with Gasteiger partial charge in [-0.25, -0.2) is 0 Å². The highest BCUT2D eigenvalue weighted by molar-refractivity contribution is 14.1. The van der Waals surface area contributed by atoms with E-state index in [1.807, 2.05) is 19.1 Å². The Labute approximate surface area is 128 Å². The summed E-state index contributed by atoms with van der Waals surface area (Å²) in [5, 5.41) is 3.44. The van der Waals surface area contributed by atoms with E-state index in [0.29, 0.717) is 6.61 Å². The number of hydrogen-bond donors (Lipinski definition) is 1. The van der Waals surface area contributed by atoms with Crippen molar-refractivity contribution in [3.05, 3.63) is 57.2 Å². The molecule has 0 aromatic heterocycles. The summed E-state index contributed by atoms with van der Waals surface area (Å²) in [6.07, 6.45) is 0. The Kier molecular flexibility index (Phi) is 5.07. The van der Waals surface area contributed by atoms with Gasteiger partial charge >= 0.3 is 0 Å². The maximum absolute atomic E-state index is 5.50. The average Bonchev–Trinajstić information content (AvgIpc) is 2.41. The molecule has 0 bridgehead atoms. The van der Waals surface area contributed by atoms with Crippen molar-refractivity contribution in [1.29, 1.82) is 0 Å². The maximum atomic E-state index is 5.50. The zero-order chi connectivity index (χ0) is 13.7. The number of ether oxygens (including phenoxy) is 1. The zero-order valence-corrected chi connectivity index (χ0v) is 13.4. The van der Waals surface area contributed by atoms with Crippen LogP contribution in [0.3, 0.4) is 0 Å². The van der Waals surface area contributed by atoms with Crippen LogP contribution in [0.5, 0.6) is 5.75 Å². The van der Waals surface area contributed by atoms with Crippen LogP contribution < -0.4 is 10.1 Å². The van der Waals surface area contributed by atoms with Crippen molar-refractivity contribution in [3.8, 4) is 5.75 Å². The van der Waals surface area contributed by atoms with Crippen LogP contribution in [0.2, 0.25) is 0 Å². The lowest BCUT2D eigenvalue weighted by Crippen LogP contribution is -2.00. The van der Waals surface area contributed by atoms with E-state index in [-0.39, 0.29) is 0 Å². The summed E-state index contributed by atoms with van der Waals surface area (Å²) in [7, 11) is 0. The van der Waals surface area contributed by atoms with Gasteiger partial charge in [-0.05, 0) is 71.8 Å². The molecule has 0 heterocycles. The quantitative estimate of drug-likeness (QED) is 0.780. The van der Waals surface area contributed by atoms with Gasteiger partial charge in [0.05, 0.1) is 6.61 Å². The van der Waals surface area contributed by atoms with Crippen molar-refractivity contribution in [2.45, 2.75) is 20.4 Å². The number of rotatable bonds is 5. The summed E-state index contributed by atoms with van der Waals surface area (Å²) < 4.78 is 6.79. The van der Waals surface area contributed by atoms with Crippen molar-refractivity contribution < 1.29 is 4.74 Å². The fourth-order valence-electron chi connectivity index (χ4n) is 1.82. The van der Waals surface area contributed by atoms with Crippen LogP contribution in [0.15, 0.2) is 42.5 Å². The topological polar surface area (TPSA) is 21.3 Å². The van der Waals surface area contributed by atoms with Gasteiger partial charge < -0.3 is 10.1 Å². The summed E-state index contributed by atoms with van der Waals surface area (Å²) in [5.74, 6) is 0.931. The van der Waals surface area contributed by atoms with Crippen LogP contribution in [0, 0.1) is 10.5 Å². The first-order valence-electron chi connectivity index (χ1n) is 6.41. The summed E-state index contributed by atoms with van der Waals surface area (Å²) in [5.41, 5.74) is 3.68. The van der Waals surface area contributed by atoms with Gasteiger partial charge in [-0.15, -0.1) is 0 Å². The average molecular weight is 367 g/mol. The Morgan fingerprint density at radius 1 is 1.16 bits per heavy atom. The van der Waals surface area contributed by atoms with Crippen molar-refractivity contribution in [2.75, 3.05) is 11.9 Å². The fourth-order valence-corrected chi connectivity index (χ4v) is 2.33. The van der Waals surface area contributed by atoms with Crippen molar-refractivity contribution in [2.24, 2.45) is 0 Å². The second-order valence-corrected chi connectivity index (χ2v) is 5.56. The van der Waals surface area contributed by atoms with E-state index < -0.39 is 0 Å². The molecular formula is C16H18INO. The van der Waals surface area contributed by atoms with Gasteiger partial charge in [-0.2, -0.15) is 0 Å². The standard InChI is InChI=1S/C16H18INO/c1-3-19-15-6-4-5-13(9-15)11-18-14-8-7-12(2)16(17)10-14/h4-10,18H,3,11H2,1-2H3. The SMILES string of the molecule is CCOc1cccc(CNc2ccc(C)c(I)c2)c1. The normalized spacial score (nSPS) is 10.3. The van der Waals surface area contributed by atoms with E-state index in [0.717, 1.165) is 18.0 Å². The number of aryl methyl sites for hydroxylation is 1. The zero-order valence-electron chi connectivity index (χ0n) is 11.2.